The highest BCUT2D eigenvalue weighted by molar-refractivity contribution is 6.30. The third kappa shape index (κ3) is 4.09. The van der Waals surface area contributed by atoms with E-state index in [1.807, 2.05) is 11.0 Å². The van der Waals surface area contributed by atoms with Gasteiger partial charge in [-0.15, -0.1) is 0 Å². The van der Waals surface area contributed by atoms with Crippen LogP contribution in [0.2, 0.25) is 5.02 Å². The molecule has 2 aliphatic heterocycles. The van der Waals surface area contributed by atoms with Crippen LogP contribution in [0.4, 0.5) is 0 Å². The molecule has 0 saturated carbocycles. The molecule has 1 atom stereocenters. The summed E-state index contributed by atoms with van der Waals surface area (Å²) in [6, 6.07) is 11.5. The molecule has 4 rings (SSSR count). The molecular weight excluding hydrogens is 398 g/mol. The molecule has 0 radical (unpaired) electrons. The van der Waals surface area contributed by atoms with Crippen LogP contribution in [-0.4, -0.2) is 40.4 Å². The molecule has 1 spiro atoms. The number of carbonyl (C=O) groups is 1. The standard InChI is InChI=1S/C24H28ClN3O2/c1-15-4-5-18(12-16(15)2)21-14-22(20-13-19(25)6-7-23(20)30)27-24(26-21)8-10-28(11-9-24)17(3)29/h4-7,12-13,22,27,30H,8-11,14H2,1-3H3/t22-/m1/s1. The van der Waals surface area contributed by atoms with Gasteiger partial charge in [0, 0.05) is 61.6 Å². The molecule has 2 aromatic rings. The van der Waals surface area contributed by atoms with Crippen molar-refractivity contribution in [3.05, 3.63) is 63.7 Å². The maximum Gasteiger partial charge on any atom is 0.219 e. The van der Waals surface area contributed by atoms with Crippen molar-refractivity contribution >= 4 is 23.2 Å². The number of phenolic OH excluding ortho intramolecular Hbond substituents is 1. The van der Waals surface area contributed by atoms with Gasteiger partial charge in [0.05, 0.1) is 0 Å². The van der Waals surface area contributed by atoms with E-state index in [4.69, 9.17) is 16.6 Å². The Morgan fingerprint density at radius 2 is 1.90 bits per heavy atom. The number of aryl methyl sites for hydroxylation is 2. The van der Waals surface area contributed by atoms with E-state index in [9.17, 15) is 9.90 Å². The van der Waals surface area contributed by atoms with Gasteiger partial charge in [0.1, 0.15) is 11.4 Å². The molecule has 0 bridgehead atoms. The maximum absolute atomic E-state index is 11.8. The zero-order valence-corrected chi connectivity index (χ0v) is 18.5. The van der Waals surface area contributed by atoms with Crippen molar-refractivity contribution in [1.29, 1.82) is 0 Å². The molecule has 2 aromatic carbocycles. The van der Waals surface area contributed by atoms with E-state index < -0.39 is 5.66 Å². The zero-order valence-electron chi connectivity index (χ0n) is 17.7. The van der Waals surface area contributed by atoms with Crippen molar-refractivity contribution in [1.82, 2.24) is 10.2 Å². The van der Waals surface area contributed by atoms with E-state index in [0.717, 1.165) is 29.7 Å². The number of nitrogens with zero attached hydrogens (tertiary/aromatic N) is 2. The summed E-state index contributed by atoms with van der Waals surface area (Å²) < 4.78 is 0. The third-order valence-electron chi connectivity index (χ3n) is 6.43. The Hall–Kier alpha value is -2.37. The van der Waals surface area contributed by atoms with Crippen LogP contribution >= 0.6 is 11.6 Å². The number of benzene rings is 2. The van der Waals surface area contributed by atoms with Crippen LogP contribution in [0.1, 0.15) is 54.5 Å². The van der Waals surface area contributed by atoms with Crippen LogP contribution in [0.3, 0.4) is 0 Å². The highest BCUT2D eigenvalue weighted by Gasteiger charge is 2.41. The second kappa shape index (κ2) is 8.05. The monoisotopic (exact) mass is 425 g/mol. The first-order valence-electron chi connectivity index (χ1n) is 10.4. The number of hydrogen-bond acceptors (Lipinski definition) is 4. The summed E-state index contributed by atoms with van der Waals surface area (Å²) in [5.41, 5.74) is 4.94. The Morgan fingerprint density at radius 3 is 2.57 bits per heavy atom. The Kier molecular flexibility index (Phi) is 5.60. The fourth-order valence-corrected chi connectivity index (χ4v) is 4.63. The molecule has 158 valence electrons. The minimum absolute atomic E-state index is 0.100. The Morgan fingerprint density at radius 1 is 1.17 bits per heavy atom. The summed E-state index contributed by atoms with van der Waals surface area (Å²) in [6.45, 7) is 7.17. The lowest BCUT2D eigenvalue weighted by Crippen LogP contribution is -2.56. The fraction of sp³-hybridized carbons (Fsp3) is 0.417. The lowest BCUT2D eigenvalue weighted by Gasteiger charge is -2.45. The van der Waals surface area contributed by atoms with Gasteiger partial charge in [-0.2, -0.15) is 0 Å². The first-order chi connectivity index (χ1) is 14.3. The number of amides is 1. The zero-order chi connectivity index (χ0) is 21.5. The van der Waals surface area contributed by atoms with Crippen molar-refractivity contribution in [2.24, 2.45) is 4.99 Å². The summed E-state index contributed by atoms with van der Waals surface area (Å²) in [5.74, 6) is 0.331. The molecule has 2 N–H and O–H groups in total. The summed E-state index contributed by atoms with van der Waals surface area (Å²) in [7, 11) is 0. The van der Waals surface area contributed by atoms with E-state index in [-0.39, 0.29) is 17.7 Å². The number of rotatable bonds is 2. The summed E-state index contributed by atoms with van der Waals surface area (Å²) in [5, 5.41) is 14.8. The number of halogens is 1. The van der Waals surface area contributed by atoms with E-state index in [2.05, 4.69) is 37.4 Å². The van der Waals surface area contributed by atoms with Crippen molar-refractivity contribution in [3.8, 4) is 5.75 Å². The van der Waals surface area contributed by atoms with Gasteiger partial charge in [-0.1, -0.05) is 23.7 Å². The van der Waals surface area contributed by atoms with Crippen LogP contribution in [0.15, 0.2) is 41.4 Å². The first kappa shape index (κ1) is 20.9. The van der Waals surface area contributed by atoms with Crippen molar-refractivity contribution < 1.29 is 9.90 Å². The van der Waals surface area contributed by atoms with Gasteiger partial charge in [-0.05, 0) is 54.8 Å². The van der Waals surface area contributed by atoms with Gasteiger partial charge in [-0.3, -0.25) is 15.1 Å². The highest BCUT2D eigenvalue weighted by atomic mass is 35.5. The molecular formula is C24H28ClN3O2. The first-order valence-corrected chi connectivity index (χ1v) is 10.8. The van der Waals surface area contributed by atoms with Gasteiger partial charge in [0.25, 0.3) is 0 Å². The molecule has 1 saturated heterocycles. The molecule has 2 aliphatic rings. The number of nitrogens with one attached hydrogen (secondary N) is 1. The van der Waals surface area contributed by atoms with Gasteiger partial charge in [0.15, 0.2) is 0 Å². The minimum atomic E-state index is -0.461. The molecule has 1 fully saturated rings. The molecule has 0 aliphatic carbocycles. The number of aliphatic imine (C=N–C) groups is 1. The van der Waals surface area contributed by atoms with Gasteiger partial charge in [0.2, 0.25) is 5.91 Å². The lowest BCUT2D eigenvalue weighted by molar-refractivity contribution is -0.130. The highest BCUT2D eigenvalue weighted by Crippen LogP contribution is 2.38. The van der Waals surface area contributed by atoms with Crippen LogP contribution in [0.5, 0.6) is 5.75 Å². The Labute approximate surface area is 182 Å². The molecule has 0 unspecified atom stereocenters. The van der Waals surface area contributed by atoms with E-state index in [1.165, 1.54) is 11.1 Å². The average Bonchev–Trinajstić information content (AvgIpc) is 2.72. The van der Waals surface area contributed by atoms with Crippen LogP contribution < -0.4 is 5.32 Å². The maximum atomic E-state index is 11.8. The predicted octanol–water partition coefficient (Wildman–Crippen LogP) is 4.52. The minimum Gasteiger partial charge on any atom is -0.508 e. The molecule has 1 amide bonds. The SMILES string of the molecule is CC(=O)N1CCC2(CC1)N=C(c1ccc(C)c(C)c1)C[C@H](c1cc(Cl)ccc1O)N2. The quantitative estimate of drug-likeness (QED) is 0.743. The van der Waals surface area contributed by atoms with E-state index in [0.29, 0.717) is 24.5 Å². The average molecular weight is 426 g/mol. The van der Waals surface area contributed by atoms with Gasteiger partial charge < -0.3 is 10.0 Å². The van der Waals surface area contributed by atoms with Crippen LogP contribution in [0.25, 0.3) is 0 Å². The smallest absolute Gasteiger partial charge is 0.219 e. The largest absolute Gasteiger partial charge is 0.508 e. The van der Waals surface area contributed by atoms with E-state index in [1.54, 1.807) is 19.1 Å². The molecule has 2 heterocycles. The van der Waals surface area contributed by atoms with Crippen LogP contribution in [-0.2, 0) is 4.79 Å². The normalized spacial score (nSPS) is 20.9. The second-order valence-electron chi connectivity index (χ2n) is 8.50. The topological polar surface area (TPSA) is 64.9 Å². The number of hydrogen-bond donors (Lipinski definition) is 2. The molecule has 5 nitrogen and oxygen atoms in total. The summed E-state index contributed by atoms with van der Waals surface area (Å²) in [6.07, 6.45) is 2.13. The number of phenols is 1. The molecule has 0 aromatic heterocycles. The van der Waals surface area contributed by atoms with Gasteiger partial charge >= 0.3 is 0 Å². The van der Waals surface area contributed by atoms with Crippen molar-refractivity contribution in [2.75, 3.05) is 13.1 Å². The predicted molar refractivity (Wildman–Crippen MR) is 120 cm³/mol. The Balaban J connectivity index is 1.74. The summed E-state index contributed by atoms with van der Waals surface area (Å²) >= 11 is 6.25. The number of piperidine rings is 1. The van der Waals surface area contributed by atoms with Crippen molar-refractivity contribution in [3.63, 3.8) is 0 Å². The fourth-order valence-electron chi connectivity index (χ4n) is 4.45. The second-order valence-corrected chi connectivity index (χ2v) is 8.94. The molecule has 30 heavy (non-hydrogen) atoms. The number of likely N-dealkylation sites (tertiary alicyclic amines) is 1. The third-order valence-corrected chi connectivity index (χ3v) is 6.67. The summed E-state index contributed by atoms with van der Waals surface area (Å²) in [4.78, 5) is 18.9. The van der Waals surface area contributed by atoms with Gasteiger partial charge in [-0.25, -0.2) is 0 Å². The van der Waals surface area contributed by atoms with E-state index >= 15 is 0 Å². The Bertz CT molecular complexity index is 1010. The lowest BCUT2D eigenvalue weighted by atomic mass is 9.87. The number of aromatic hydroxyl groups is 1. The van der Waals surface area contributed by atoms with Crippen molar-refractivity contribution in [2.45, 2.75) is 51.7 Å². The molecule has 6 heteroatoms. The van der Waals surface area contributed by atoms with Crippen LogP contribution in [0, 0.1) is 13.8 Å². The number of carbonyl (C=O) groups excluding carboxylic acids is 1.